The molecular formula is C22H29N5O9S2. The van der Waals surface area contributed by atoms with E-state index in [0.717, 1.165) is 11.3 Å². The van der Waals surface area contributed by atoms with Crippen LogP contribution in [0.5, 0.6) is 0 Å². The molecule has 2 aliphatic heterocycles. The van der Waals surface area contributed by atoms with Gasteiger partial charge in [-0.15, -0.1) is 23.1 Å². The number of nitrogens with two attached hydrogens (primary N) is 1. The zero-order valence-corrected chi connectivity index (χ0v) is 23.0. The number of oxime groups is 1. The first-order valence-electron chi connectivity index (χ1n) is 11.4. The van der Waals surface area contributed by atoms with Crippen LogP contribution in [0.3, 0.4) is 0 Å². The number of esters is 1. The molecule has 0 aromatic carbocycles. The van der Waals surface area contributed by atoms with Crippen LogP contribution < -0.4 is 11.1 Å². The first-order valence-corrected chi connectivity index (χ1v) is 13.3. The predicted octanol–water partition coefficient (Wildman–Crippen LogP) is 1.64. The molecule has 1 saturated heterocycles. The van der Waals surface area contributed by atoms with Crippen molar-refractivity contribution in [1.82, 2.24) is 15.2 Å². The van der Waals surface area contributed by atoms with Crippen LogP contribution in [0.2, 0.25) is 0 Å². The Morgan fingerprint density at radius 1 is 1.34 bits per heavy atom. The van der Waals surface area contributed by atoms with E-state index >= 15 is 0 Å². The Morgan fingerprint density at radius 3 is 2.63 bits per heavy atom. The lowest BCUT2D eigenvalue weighted by atomic mass is 9.97. The van der Waals surface area contributed by atoms with Crippen LogP contribution in [-0.2, 0) is 33.3 Å². The van der Waals surface area contributed by atoms with Gasteiger partial charge >= 0.3 is 12.1 Å². The average Bonchev–Trinajstić information content (AvgIpc) is 3.26. The monoisotopic (exact) mass is 571 g/mol. The number of aromatic nitrogens is 1. The van der Waals surface area contributed by atoms with Gasteiger partial charge in [0.05, 0.1) is 12.0 Å². The fraction of sp³-hybridized carbons (Fsp3) is 0.545. The van der Waals surface area contributed by atoms with Crippen molar-refractivity contribution in [3.63, 3.8) is 0 Å². The number of nitrogens with one attached hydrogen (secondary N) is 1. The second-order valence-electron chi connectivity index (χ2n) is 9.22. The Kier molecular flexibility index (Phi) is 9.22. The lowest BCUT2D eigenvalue weighted by Crippen LogP contribution is -2.70. The van der Waals surface area contributed by atoms with E-state index in [2.05, 4.69) is 15.5 Å². The van der Waals surface area contributed by atoms with Gasteiger partial charge in [0.25, 0.3) is 11.8 Å². The highest BCUT2D eigenvalue weighted by Crippen LogP contribution is 2.41. The predicted molar refractivity (Wildman–Crippen MR) is 136 cm³/mol. The molecule has 2 amide bonds. The van der Waals surface area contributed by atoms with E-state index < -0.39 is 52.8 Å². The Balaban J connectivity index is 1.71. The van der Waals surface area contributed by atoms with Gasteiger partial charge in [0.1, 0.15) is 17.1 Å². The standard InChI is InChI=1S/C22H29N5O9S2/c1-10(34-19(30)22(2,3)4)35-21(31)36-17-11(6-7-33-5)8-37-18-14(16(29)27(17)18)25-15(28)13(26-32)12-9-38-20(23)24-12/h9-10,14,18,32H,6-8H2,1-5H3,(H2,23,24)(H,25,28)/b26-13-/t10?,14?,18-/m0/s1. The summed E-state index contributed by atoms with van der Waals surface area (Å²) in [5.74, 6) is -1.64. The summed E-state index contributed by atoms with van der Waals surface area (Å²) in [6.07, 6.45) is -2.05. The van der Waals surface area contributed by atoms with Crippen molar-refractivity contribution < 1.29 is 43.3 Å². The van der Waals surface area contributed by atoms with E-state index in [-0.39, 0.29) is 16.7 Å². The molecule has 1 aromatic rings. The molecule has 3 rings (SSSR count). The van der Waals surface area contributed by atoms with E-state index in [1.54, 1.807) is 20.8 Å². The van der Waals surface area contributed by atoms with Crippen LogP contribution in [0.15, 0.2) is 22.0 Å². The molecule has 38 heavy (non-hydrogen) atoms. The lowest BCUT2D eigenvalue weighted by molar-refractivity contribution is -0.177. The zero-order valence-electron chi connectivity index (χ0n) is 21.4. The fourth-order valence-electron chi connectivity index (χ4n) is 3.34. The molecule has 0 saturated carbocycles. The molecule has 2 aliphatic rings. The minimum atomic E-state index is -1.24. The molecular weight excluding hydrogens is 542 g/mol. The van der Waals surface area contributed by atoms with Crippen LogP contribution in [0.4, 0.5) is 9.93 Å². The molecule has 1 fully saturated rings. The lowest BCUT2D eigenvalue weighted by Gasteiger charge is -2.49. The highest BCUT2D eigenvalue weighted by Gasteiger charge is 2.54. The molecule has 0 radical (unpaired) electrons. The van der Waals surface area contributed by atoms with Crippen LogP contribution in [0.1, 0.15) is 39.8 Å². The van der Waals surface area contributed by atoms with Crippen LogP contribution >= 0.6 is 23.1 Å². The topological polar surface area (TPSA) is 192 Å². The van der Waals surface area contributed by atoms with E-state index in [0.29, 0.717) is 24.4 Å². The molecule has 0 bridgehead atoms. The third-order valence-corrected chi connectivity index (χ3v) is 7.31. The number of thiazole rings is 1. The molecule has 14 nitrogen and oxygen atoms in total. The summed E-state index contributed by atoms with van der Waals surface area (Å²) in [5, 5.41) is 15.8. The molecule has 0 aliphatic carbocycles. The van der Waals surface area contributed by atoms with Gasteiger partial charge in [0.2, 0.25) is 12.2 Å². The number of amides is 2. The molecule has 2 unspecified atom stereocenters. The second kappa shape index (κ2) is 12.0. The summed E-state index contributed by atoms with van der Waals surface area (Å²) >= 11 is 2.39. The van der Waals surface area contributed by atoms with Gasteiger partial charge in [-0.3, -0.25) is 19.3 Å². The van der Waals surface area contributed by atoms with Gasteiger partial charge in [0.15, 0.2) is 10.8 Å². The molecule has 208 valence electrons. The van der Waals surface area contributed by atoms with Gasteiger partial charge < -0.3 is 35.2 Å². The molecule has 3 heterocycles. The van der Waals surface area contributed by atoms with Crippen molar-refractivity contribution in [3.05, 3.63) is 22.5 Å². The third-order valence-electron chi connectivity index (χ3n) is 5.29. The van der Waals surface area contributed by atoms with Crippen molar-refractivity contribution in [3.8, 4) is 0 Å². The van der Waals surface area contributed by atoms with Crippen molar-refractivity contribution in [2.24, 2.45) is 10.6 Å². The number of nitrogens with zero attached hydrogens (tertiary/aromatic N) is 3. The van der Waals surface area contributed by atoms with E-state index in [4.69, 9.17) is 24.7 Å². The number of carbonyl (C=O) groups is 4. The Morgan fingerprint density at radius 2 is 2.05 bits per heavy atom. The number of β-lactam (4-membered cyclic amide) rings is 1. The average molecular weight is 572 g/mol. The number of fused-ring (bicyclic) bond motifs is 1. The second-order valence-corrected chi connectivity index (χ2v) is 11.2. The van der Waals surface area contributed by atoms with Crippen molar-refractivity contribution in [1.29, 1.82) is 0 Å². The number of carbonyl (C=O) groups excluding carboxylic acids is 4. The molecule has 16 heteroatoms. The summed E-state index contributed by atoms with van der Waals surface area (Å²) in [6.45, 7) is 6.62. The molecule has 0 spiro atoms. The van der Waals surface area contributed by atoms with Gasteiger partial charge in [0, 0.05) is 30.7 Å². The van der Waals surface area contributed by atoms with E-state index in [1.165, 1.54) is 36.1 Å². The van der Waals surface area contributed by atoms with Gasteiger partial charge in [-0.05, 0) is 27.2 Å². The molecule has 1 aromatic heterocycles. The zero-order chi connectivity index (χ0) is 28.2. The Hall–Kier alpha value is -3.37. The summed E-state index contributed by atoms with van der Waals surface area (Å²) in [6, 6.07) is -0.995. The quantitative estimate of drug-likeness (QED) is 0.0970. The fourth-order valence-corrected chi connectivity index (χ4v) is 5.25. The maximum absolute atomic E-state index is 13.1. The summed E-state index contributed by atoms with van der Waals surface area (Å²) in [7, 11) is 1.51. The normalized spacial score (nSPS) is 20.3. The van der Waals surface area contributed by atoms with E-state index in [1.807, 2.05) is 0 Å². The van der Waals surface area contributed by atoms with Crippen LogP contribution in [-0.4, -0.2) is 81.9 Å². The van der Waals surface area contributed by atoms with Crippen LogP contribution in [0.25, 0.3) is 0 Å². The Bertz CT molecular complexity index is 1160. The number of hydrogen-bond acceptors (Lipinski definition) is 14. The van der Waals surface area contributed by atoms with Gasteiger partial charge in [-0.1, -0.05) is 5.16 Å². The van der Waals surface area contributed by atoms with Crippen molar-refractivity contribution >= 4 is 57.9 Å². The molecule has 3 atom stereocenters. The number of ether oxygens (including phenoxy) is 4. The van der Waals surface area contributed by atoms with Crippen molar-refractivity contribution in [2.45, 2.75) is 51.8 Å². The van der Waals surface area contributed by atoms with Gasteiger partial charge in [-0.25, -0.2) is 9.78 Å². The third kappa shape index (κ3) is 6.54. The summed E-state index contributed by atoms with van der Waals surface area (Å²) in [4.78, 5) is 55.5. The first-order chi connectivity index (χ1) is 17.9. The highest BCUT2D eigenvalue weighted by molar-refractivity contribution is 8.00. The maximum Gasteiger partial charge on any atom is 0.518 e. The SMILES string of the molecule is COCCC1=C(OC(=O)OC(C)OC(=O)C(C)(C)C)N2C(=O)C(NC(=O)/C(=N\O)c3csc(N)n3)[C@@H]2SC1. The highest BCUT2D eigenvalue weighted by atomic mass is 32.2. The van der Waals surface area contributed by atoms with Crippen molar-refractivity contribution in [2.75, 3.05) is 25.2 Å². The first kappa shape index (κ1) is 29.2. The number of nitrogen functional groups attached to an aromatic ring is 1. The maximum atomic E-state index is 13.1. The van der Waals surface area contributed by atoms with E-state index in [9.17, 15) is 24.4 Å². The minimum Gasteiger partial charge on any atom is -0.425 e. The number of thioether (sulfide) groups is 1. The number of rotatable bonds is 9. The smallest absolute Gasteiger partial charge is 0.425 e. The Labute approximate surface area is 226 Å². The number of methoxy groups -OCH3 is 1. The summed E-state index contributed by atoms with van der Waals surface area (Å²) in [5.41, 5.74) is 5.04. The molecule has 4 N–H and O–H groups in total. The largest absolute Gasteiger partial charge is 0.518 e. The number of anilines is 1. The summed E-state index contributed by atoms with van der Waals surface area (Å²) < 4.78 is 20.7. The minimum absolute atomic E-state index is 0.0380. The number of hydrogen-bond donors (Lipinski definition) is 3. The van der Waals surface area contributed by atoms with Crippen LogP contribution in [0, 0.1) is 5.41 Å². The van der Waals surface area contributed by atoms with Gasteiger partial charge in [-0.2, -0.15) is 0 Å².